The van der Waals surface area contributed by atoms with Crippen LogP contribution >= 0.6 is 24.8 Å². The molecular weight excluding hydrogens is 517 g/mol. The molecule has 2 aromatic heterocycles. The maximum atomic E-state index is 11.8. The second-order valence-electron chi connectivity index (χ2n) is 10.4. The lowest BCUT2D eigenvalue weighted by molar-refractivity contribution is 0.0995. The summed E-state index contributed by atoms with van der Waals surface area (Å²) in [6.45, 7) is 7.60. The summed E-state index contributed by atoms with van der Waals surface area (Å²) in [5.41, 5.74) is 15.9. The maximum Gasteiger partial charge on any atom is 0.269 e. The van der Waals surface area contributed by atoms with Crippen molar-refractivity contribution in [2.45, 2.75) is 51.9 Å². The zero-order valence-electron chi connectivity index (χ0n) is 21.9. The van der Waals surface area contributed by atoms with Crippen LogP contribution < -0.4 is 5.73 Å². The summed E-state index contributed by atoms with van der Waals surface area (Å²) in [6.07, 6.45) is 6.90. The lowest BCUT2D eigenvalue weighted by Gasteiger charge is -2.33. The van der Waals surface area contributed by atoms with E-state index in [0.717, 1.165) is 61.5 Å². The van der Waals surface area contributed by atoms with Gasteiger partial charge in [-0.25, -0.2) is 4.98 Å². The van der Waals surface area contributed by atoms with Crippen molar-refractivity contribution in [2.24, 2.45) is 5.73 Å². The quantitative estimate of drug-likeness (QED) is 0.355. The molecule has 200 valence electrons. The van der Waals surface area contributed by atoms with Crippen molar-refractivity contribution in [1.82, 2.24) is 19.4 Å². The van der Waals surface area contributed by atoms with Crippen LogP contribution in [0.3, 0.4) is 0 Å². The molecule has 0 atom stereocenters. The Morgan fingerprint density at radius 3 is 2.58 bits per heavy atom. The van der Waals surface area contributed by atoms with Crippen LogP contribution in [0.2, 0.25) is 0 Å². The molecule has 1 saturated heterocycles. The summed E-state index contributed by atoms with van der Waals surface area (Å²) in [6, 6.07) is 15.3. The van der Waals surface area contributed by atoms with E-state index in [4.69, 9.17) is 10.7 Å². The molecule has 1 amide bonds. The van der Waals surface area contributed by atoms with Gasteiger partial charge in [0.2, 0.25) is 0 Å². The number of carbonyl (C=O) groups is 1. The van der Waals surface area contributed by atoms with Gasteiger partial charge in [-0.15, -0.1) is 24.8 Å². The lowest BCUT2D eigenvalue weighted by Crippen LogP contribution is -2.34. The normalized spacial score (nSPS) is 15.3. The predicted molar refractivity (Wildman–Crippen MR) is 157 cm³/mol. The number of aryl methyl sites for hydroxylation is 2. The van der Waals surface area contributed by atoms with E-state index in [1.54, 1.807) is 6.33 Å². The van der Waals surface area contributed by atoms with Crippen LogP contribution in [0.1, 0.15) is 62.9 Å². The first-order valence-corrected chi connectivity index (χ1v) is 13.1. The number of fused-ring (bicyclic) bond motifs is 4. The minimum Gasteiger partial charge on any atom is -0.364 e. The molecule has 6 rings (SSSR count). The summed E-state index contributed by atoms with van der Waals surface area (Å²) in [5, 5.41) is 1.31. The fraction of sp³-hybridized carbons (Fsp3) is 0.367. The number of benzene rings is 2. The number of hydrogen-bond donors (Lipinski definition) is 1. The highest BCUT2D eigenvalue weighted by molar-refractivity contribution is 5.92. The van der Waals surface area contributed by atoms with Gasteiger partial charge in [0.05, 0.1) is 16.9 Å². The van der Waals surface area contributed by atoms with Gasteiger partial charge in [-0.2, -0.15) is 0 Å². The molecule has 0 radical (unpaired) electrons. The van der Waals surface area contributed by atoms with Crippen molar-refractivity contribution in [2.75, 3.05) is 19.6 Å². The number of piperidine rings is 1. The second-order valence-corrected chi connectivity index (χ2v) is 10.4. The number of halogens is 2. The van der Waals surface area contributed by atoms with Gasteiger partial charge in [-0.1, -0.05) is 24.3 Å². The molecule has 2 aromatic carbocycles. The van der Waals surface area contributed by atoms with Crippen LogP contribution in [-0.4, -0.2) is 45.0 Å². The Bertz CT molecular complexity index is 1470. The van der Waals surface area contributed by atoms with Crippen LogP contribution in [0.5, 0.6) is 0 Å². The third-order valence-electron chi connectivity index (χ3n) is 8.22. The number of nitrogens with two attached hydrogens (primary N) is 1. The van der Waals surface area contributed by atoms with Crippen molar-refractivity contribution >= 4 is 41.6 Å². The van der Waals surface area contributed by atoms with Crippen LogP contribution in [0, 0.1) is 13.8 Å². The number of aromatic nitrogens is 3. The Labute approximate surface area is 236 Å². The van der Waals surface area contributed by atoms with Crippen molar-refractivity contribution in [3.05, 3.63) is 88.1 Å². The van der Waals surface area contributed by atoms with Gasteiger partial charge >= 0.3 is 0 Å². The summed E-state index contributed by atoms with van der Waals surface area (Å²) in [5.74, 6) is 0.151. The predicted octanol–water partition coefficient (Wildman–Crippen LogP) is 5.50. The van der Waals surface area contributed by atoms with Crippen LogP contribution in [0.25, 0.3) is 16.6 Å². The molecule has 0 saturated carbocycles. The monoisotopic (exact) mass is 551 g/mol. The number of amides is 1. The molecule has 2 N–H and O–H groups in total. The van der Waals surface area contributed by atoms with Gasteiger partial charge in [-0.3, -0.25) is 9.78 Å². The topological polar surface area (TPSA) is 77.0 Å². The van der Waals surface area contributed by atoms with E-state index in [9.17, 15) is 4.79 Å². The molecule has 0 spiro atoms. The van der Waals surface area contributed by atoms with Crippen molar-refractivity contribution in [1.29, 1.82) is 0 Å². The average molecular weight is 553 g/mol. The first kappa shape index (κ1) is 28.1. The van der Waals surface area contributed by atoms with Crippen LogP contribution in [-0.2, 0) is 19.3 Å². The zero-order valence-corrected chi connectivity index (χ0v) is 23.6. The number of carbonyl (C=O) groups excluding carboxylic acids is 1. The molecular formula is C30H35Cl2N5O. The first-order valence-electron chi connectivity index (χ1n) is 13.1. The largest absolute Gasteiger partial charge is 0.364 e. The highest BCUT2D eigenvalue weighted by Gasteiger charge is 2.26. The molecule has 4 heterocycles. The smallest absolute Gasteiger partial charge is 0.269 e. The van der Waals surface area contributed by atoms with Gasteiger partial charge < -0.3 is 15.2 Å². The molecule has 1 fully saturated rings. The third kappa shape index (κ3) is 5.05. The summed E-state index contributed by atoms with van der Waals surface area (Å²) < 4.78 is 2.06. The second kappa shape index (κ2) is 11.4. The minimum atomic E-state index is -0.446. The summed E-state index contributed by atoms with van der Waals surface area (Å²) in [7, 11) is 0. The van der Waals surface area contributed by atoms with Crippen molar-refractivity contribution in [3.63, 3.8) is 0 Å². The molecule has 0 bridgehead atoms. The van der Waals surface area contributed by atoms with Gasteiger partial charge in [0, 0.05) is 17.6 Å². The van der Waals surface area contributed by atoms with Crippen molar-refractivity contribution < 1.29 is 4.79 Å². The Balaban J connectivity index is 0.00000168. The number of imidazole rings is 1. The summed E-state index contributed by atoms with van der Waals surface area (Å²) >= 11 is 0. The van der Waals surface area contributed by atoms with Crippen LogP contribution in [0.4, 0.5) is 0 Å². The standard InChI is InChI=1S/C30H33N5O.2ClH/c1-19-6-10-27-25(9-11-28-29(30(31)36)32-18-35(27)28)22(19)14-17-34-15-12-21(13-16-34)23-4-3-5-26-24(23)8-7-20(2)33-26;;/h3-8,10,18,21H,9,11-17H2,1-2H3,(H2,31,36);2*1H. The number of hydrogen-bond acceptors (Lipinski definition) is 4. The first-order chi connectivity index (χ1) is 17.5. The minimum absolute atomic E-state index is 0. The van der Waals surface area contributed by atoms with E-state index in [2.05, 4.69) is 70.8 Å². The van der Waals surface area contributed by atoms with Gasteiger partial charge in [-0.05, 0) is 105 Å². The van der Waals surface area contributed by atoms with Gasteiger partial charge in [0.25, 0.3) is 5.91 Å². The number of rotatable bonds is 5. The van der Waals surface area contributed by atoms with Gasteiger partial charge in [0.1, 0.15) is 12.0 Å². The van der Waals surface area contributed by atoms with E-state index in [1.165, 1.54) is 40.5 Å². The Kier molecular flexibility index (Phi) is 8.46. The number of nitrogens with zero attached hydrogens (tertiary/aromatic N) is 4. The van der Waals surface area contributed by atoms with E-state index in [1.807, 2.05) is 0 Å². The lowest BCUT2D eigenvalue weighted by atomic mass is 9.86. The van der Waals surface area contributed by atoms with E-state index >= 15 is 0 Å². The number of likely N-dealkylation sites (tertiary alicyclic amines) is 1. The van der Waals surface area contributed by atoms with Gasteiger partial charge in [0.15, 0.2) is 0 Å². The molecule has 4 aromatic rings. The van der Waals surface area contributed by atoms with Crippen LogP contribution in [0.15, 0.2) is 48.8 Å². The fourth-order valence-corrected chi connectivity index (χ4v) is 6.29. The van der Waals surface area contributed by atoms with E-state index in [0.29, 0.717) is 11.6 Å². The van der Waals surface area contributed by atoms with E-state index in [-0.39, 0.29) is 24.8 Å². The average Bonchev–Trinajstić information content (AvgIpc) is 3.33. The van der Waals surface area contributed by atoms with E-state index < -0.39 is 5.91 Å². The Morgan fingerprint density at radius 2 is 1.82 bits per heavy atom. The highest BCUT2D eigenvalue weighted by Crippen LogP contribution is 2.34. The number of primary amides is 1. The fourth-order valence-electron chi connectivity index (χ4n) is 6.29. The Hall–Kier alpha value is -2.93. The maximum absolute atomic E-state index is 11.8. The molecule has 2 aliphatic heterocycles. The molecule has 38 heavy (non-hydrogen) atoms. The molecule has 8 heteroatoms. The third-order valence-corrected chi connectivity index (χ3v) is 8.22. The van der Waals surface area contributed by atoms with Crippen molar-refractivity contribution in [3.8, 4) is 5.69 Å². The SMILES string of the molecule is Cc1ccc2c(C3CCN(CCc4c(C)ccc5c4CCc4c(C(N)=O)ncn4-5)CC3)cccc2n1.Cl.Cl. The molecule has 2 aliphatic rings. The Morgan fingerprint density at radius 1 is 1.03 bits per heavy atom. The number of pyridine rings is 1. The molecule has 0 aliphatic carbocycles. The highest BCUT2D eigenvalue weighted by atomic mass is 35.5. The summed E-state index contributed by atoms with van der Waals surface area (Å²) in [4.78, 5) is 23.4. The zero-order chi connectivity index (χ0) is 24.8. The molecule has 0 unspecified atom stereocenters. The molecule has 6 nitrogen and oxygen atoms in total.